The topological polar surface area (TPSA) is 77.2 Å². The minimum atomic E-state index is 0.316. The number of methoxy groups -OCH3 is 1. The standard InChI is InChI=1S/C29H28N6O/c1-17-9-10-30-29(32-17)24-12-23(24)26-13-27(36-2)22-7-6-20(11-25(22)34-26)31-14-21-16-35-15-19(18-3-4-18)5-8-28(35)33-21/h5-11,13,15-16,18,23-24,31H,3-4,12,14H2,1-2H3/t23-,24-/m0/s1. The zero-order valence-electron chi connectivity index (χ0n) is 20.5. The van der Waals surface area contributed by atoms with E-state index in [-0.39, 0.29) is 0 Å². The third-order valence-corrected chi connectivity index (χ3v) is 7.37. The molecule has 0 radical (unpaired) electrons. The highest BCUT2D eigenvalue weighted by molar-refractivity contribution is 5.88. The van der Waals surface area contributed by atoms with E-state index in [1.165, 1.54) is 18.4 Å². The van der Waals surface area contributed by atoms with Crippen LogP contribution in [-0.4, -0.2) is 31.4 Å². The number of imidazole rings is 1. The molecule has 36 heavy (non-hydrogen) atoms. The van der Waals surface area contributed by atoms with Gasteiger partial charge in [0.2, 0.25) is 0 Å². The van der Waals surface area contributed by atoms with Crippen molar-refractivity contribution < 1.29 is 4.74 Å². The Labute approximate surface area is 209 Å². The Kier molecular flexibility index (Phi) is 4.91. The lowest BCUT2D eigenvalue weighted by Gasteiger charge is -2.11. The number of aromatic nitrogens is 5. The molecule has 1 N–H and O–H groups in total. The summed E-state index contributed by atoms with van der Waals surface area (Å²) in [6.45, 7) is 2.66. The van der Waals surface area contributed by atoms with Crippen LogP contribution in [0, 0.1) is 6.92 Å². The third-order valence-electron chi connectivity index (χ3n) is 7.37. The second-order valence-electron chi connectivity index (χ2n) is 10.1. The van der Waals surface area contributed by atoms with Crippen LogP contribution in [0.15, 0.2) is 61.1 Å². The maximum atomic E-state index is 5.74. The van der Waals surface area contributed by atoms with Gasteiger partial charge in [0.15, 0.2) is 0 Å². The lowest BCUT2D eigenvalue weighted by Crippen LogP contribution is -2.01. The fraction of sp³-hybridized carbons (Fsp3) is 0.310. The van der Waals surface area contributed by atoms with Crippen LogP contribution < -0.4 is 10.1 Å². The minimum absolute atomic E-state index is 0.316. The van der Waals surface area contributed by atoms with Gasteiger partial charge in [0.25, 0.3) is 0 Å². The van der Waals surface area contributed by atoms with Crippen LogP contribution in [0.1, 0.15) is 65.5 Å². The van der Waals surface area contributed by atoms with Crippen molar-refractivity contribution in [3.8, 4) is 5.75 Å². The van der Waals surface area contributed by atoms with Gasteiger partial charge in [0.05, 0.1) is 24.9 Å². The maximum Gasteiger partial charge on any atom is 0.137 e. The van der Waals surface area contributed by atoms with Gasteiger partial charge in [0, 0.05) is 59.0 Å². The average molecular weight is 477 g/mol. The number of ether oxygens (including phenoxy) is 1. The molecule has 0 amide bonds. The number of nitrogens with one attached hydrogen (secondary N) is 1. The van der Waals surface area contributed by atoms with Gasteiger partial charge in [0.1, 0.15) is 17.2 Å². The number of rotatable bonds is 7. The third kappa shape index (κ3) is 3.94. The Bertz CT molecular complexity index is 1600. The van der Waals surface area contributed by atoms with Crippen molar-refractivity contribution in [2.24, 2.45) is 0 Å². The number of nitrogens with zero attached hydrogens (tertiary/aromatic N) is 5. The van der Waals surface area contributed by atoms with Crippen LogP contribution >= 0.6 is 0 Å². The van der Waals surface area contributed by atoms with Gasteiger partial charge in [-0.05, 0) is 68.0 Å². The molecule has 2 atom stereocenters. The summed E-state index contributed by atoms with van der Waals surface area (Å²) >= 11 is 0. The molecule has 7 heteroatoms. The SMILES string of the molecule is COc1cc([C@H]2C[C@@H]2c2nccc(C)n2)nc2cc(NCc3cn4cc(C5CC5)ccc4n3)ccc12. The number of fused-ring (bicyclic) bond motifs is 2. The van der Waals surface area contributed by atoms with E-state index >= 15 is 0 Å². The van der Waals surface area contributed by atoms with Crippen molar-refractivity contribution in [2.45, 2.75) is 50.5 Å². The van der Waals surface area contributed by atoms with E-state index < -0.39 is 0 Å². The first-order valence-corrected chi connectivity index (χ1v) is 12.6. The molecule has 5 aromatic rings. The molecule has 0 bridgehead atoms. The van der Waals surface area contributed by atoms with Gasteiger partial charge in [-0.15, -0.1) is 0 Å². The summed E-state index contributed by atoms with van der Waals surface area (Å²) in [6.07, 6.45) is 9.81. The highest BCUT2D eigenvalue weighted by Gasteiger charge is 2.43. The van der Waals surface area contributed by atoms with Gasteiger partial charge in [-0.25, -0.2) is 15.0 Å². The maximum absolute atomic E-state index is 5.74. The van der Waals surface area contributed by atoms with Gasteiger partial charge in [-0.2, -0.15) is 0 Å². The quantitative estimate of drug-likeness (QED) is 0.322. The summed E-state index contributed by atoms with van der Waals surface area (Å²) in [4.78, 5) is 18.9. The first-order valence-electron chi connectivity index (χ1n) is 12.6. The predicted molar refractivity (Wildman–Crippen MR) is 140 cm³/mol. The number of aryl methyl sites for hydroxylation is 1. The largest absolute Gasteiger partial charge is 0.496 e. The van der Waals surface area contributed by atoms with E-state index in [1.807, 2.05) is 19.2 Å². The first kappa shape index (κ1) is 21.3. The zero-order valence-corrected chi connectivity index (χ0v) is 20.5. The van der Waals surface area contributed by atoms with Crippen molar-refractivity contribution in [3.63, 3.8) is 0 Å². The number of pyridine rings is 2. The van der Waals surface area contributed by atoms with E-state index in [4.69, 9.17) is 14.7 Å². The molecule has 2 fully saturated rings. The lowest BCUT2D eigenvalue weighted by atomic mass is 10.1. The summed E-state index contributed by atoms with van der Waals surface area (Å²) in [7, 11) is 1.72. The molecule has 0 spiro atoms. The number of benzene rings is 1. The van der Waals surface area contributed by atoms with Crippen molar-refractivity contribution in [1.82, 2.24) is 24.3 Å². The molecule has 0 saturated heterocycles. The van der Waals surface area contributed by atoms with Crippen LogP contribution in [0.4, 0.5) is 5.69 Å². The fourth-order valence-electron chi connectivity index (χ4n) is 5.14. The molecule has 2 aliphatic carbocycles. The van der Waals surface area contributed by atoms with Crippen LogP contribution in [0.2, 0.25) is 0 Å². The van der Waals surface area contributed by atoms with Crippen LogP contribution in [0.5, 0.6) is 5.75 Å². The Morgan fingerprint density at radius 2 is 1.92 bits per heavy atom. The summed E-state index contributed by atoms with van der Waals surface area (Å²) in [5.74, 6) is 3.13. The van der Waals surface area contributed by atoms with Crippen LogP contribution in [-0.2, 0) is 6.54 Å². The fourth-order valence-corrected chi connectivity index (χ4v) is 5.14. The molecule has 0 unspecified atom stereocenters. The van der Waals surface area contributed by atoms with E-state index in [0.29, 0.717) is 18.4 Å². The molecular weight excluding hydrogens is 448 g/mol. The van der Waals surface area contributed by atoms with Gasteiger partial charge >= 0.3 is 0 Å². The normalized spacial score (nSPS) is 19.1. The van der Waals surface area contributed by atoms with Crippen LogP contribution in [0.25, 0.3) is 16.6 Å². The van der Waals surface area contributed by atoms with E-state index in [1.54, 1.807) is 7.11 Å². The Hall–Kier alpha value is -4.00. The van der Waals surface area contributed by atoms with Gasteiger partial charge < -0.3 is 14.5 Å². The van der Waals surface area contributed by atoms with Crippen molar-refractivity contribution in [2.75, 3.05) is 12.4 Å². The Balaban J connectivity index is 1.13. The van der Waals surface area contributed by atoms with Crippen LogP contribution in [0.3, 0.4) is 0 Å². The summed E-state index contributed by atoms with van der Waals surface area (Å²) < 4.78 is 7.88. The van der Waals surface area contributed by atoms with Crippen molar-refractivity contribution in [3.05, 3.63) is 89.5 Å². The predicted octanol–water partition coefficient (Wildman–Crippen LogP) is 5.75. The zero-order chi connectivity index (χ0) is 24.2. The molecule has 4 heterocycles. The van der Waals surface area contributed by atoms with E-state index in [0.717, 1.165) is 63.2 Å². The Morgan fingerprint density at radius 1 is 1.00 bits per heavy atom. The molecular formula is C29H28N6O. The van der Waals surface area contributed by atoms with Crippen molar-refractivity contribution in [1.29, 1.82) is 0 Å². The molecule has 7 nitrogen and oxygen atoms in total. The number of hydrogen-bond acceptors (Lipinski definition) is 6. The molecule has 4 aromatic heterocycles. The summed E-state index contributed by atoms with van der Waals surface area (Å²) in [6, 6.07) is 14.6. The van der Waals surface area contributed by atoms with Crippen molar-refractivity contribution >= 4 is 22.2 Å². The summed E-state index contributed by atoms with van der Waals surface area (Å²) in [5, 5.41) is 4.54. The second-order valence-corrected chi connectivity index (χ2v) is 10.1. The smallest absolute Gasteiger partial charge is 0.137 e. The molecule has 0 aliphatic heterocycles. The van der Waals surface area contributed by atoms with E-state index in [9.17, 15) is 0 Å². The molecule has 7 rings (SSSR count). The summed E-state index contributed by atoms with van der Waals surface area (Å²) in [5.41, 5.74) is 7.40. The number of hydrogen-bond donors (Lipinski definition) is 1. The first-order chi connectivity index (χ1) is 17.6. The monoisotopic (exact) mass is 476 g/mol. The highest BCUT2D eigenvalue weighted by Crippen LogP contribution is 2.53. The lowest BCUT2D eigenvalue weighted by molar-refractivity contribution is 0.419. The highest BCUT2D eigenvalue weighted by atomic mass is 16.5. The molecule has 2 aliphatic rings. The van der Waals surface area contributed by atoms with Gasteiger partial charge in [-0.1, -0.05) is 6.07 Å². The Morgan fingerprint density at radius 3 is 2.75 bits per heavy atom. The van der Waals surface area contributed by atoms with Gasteiger partial charge in [-0.3, -0.25) is 4.98 Å². The minimum Gasteiger partial charge on any atom is -0.496 e. The molecule has 180 valence electrons. The molecule has 1 aromatic carbocycles. The number of anilines is 1. The second kappa shape index (κ2) is 8.29. The average Bonchev–Trinajstić information content (AvgIpc) is 3.82. The molecule has 2 saturated carbocycles. The van der Waals surface area contributed by atoms with E-state index in [2.05, 4.69) is 68.5 Å².